The lowest BCUT2D eigenvalue weighted by atomic mass is 9.98. The van der Waals surface area contributed by atoms with Crippen molar-refractivity contribution in [3.05, 3.63) is 58.7 Å². The van der Waals surface area contributed by atoms with Crippen molar-refractivity contribution in [1.82, 2.24) is 0 Å². The number of ether oxygens (including phenoxy) is 2. The lowest BCUT2D eigenvalue weighted by molar-refractivity contribution is 0.238. The number of methoxy groups -OCH3 is 1. The van der Waals surface area contributed by atoms with Crippen LogP contribution in [0.25, 0.3) is 0 Å². The van der Waals surface area contributed by atoms with Crippen LogP contribution in [0, 0.1) is 13.8 Å². The minimum Gasteiger partial charge on any atom is -0.496 e. The van der Waals surface area contributed by atoms with Crippen LogP contribution < -0.4 is 9.47 Å². The normalized spacial score (nSPS) is 16.9. The Morgan fingerprint density at radius 1 is 1.16 bits per heavy atom. The maximum Gasteiger partial charge on any atom is 0.128 e. The first-order valence-corrected chi connectivity index (χ1v) is 6.59. The number of fused-ring (bicyclic) bond motifs is 1. The highest BCUT2D eigenvalue weighted by Gasteiger charge is 2.27. The lowest BCUT2D eigenvalue weighted by Gasteiger charge is -2.12. The molecule has 0 amide bonds. The molecule has 0 radical (unpaired) electrons. The monoisotopic (exact) mass is 254 g/mol. The summed E-state index contributed by atoms with van der Waals surface area (Å²) in [6, 6.07) is 12.5. The molecular formula is C17H18O2. The topological polar surface area (TPSA) is 18.5 Å². The highest BCUT2D eigenvalue weighted by molar-refractivity contribution is 5.55. The molecule has 3 rings (SSSR count). The van der Waals surface area contributed by atoms with Crippen LogP contribution in [0.2, 0.25) is 0 Å². The molecule has 0 saturated carbocycles. The van der Waals surface area contributed by atoms with Crippen molar-refractivity contribution < 1.29 is 9.47 Å². The van der Waals surface area contributed by atoms with Gasteiger partial charge < -0.3 is 9.47 Å². The highest BCUT2D eigenvalue weighted by atomic mass is 16.5. The Kier molecular flexibility index (Phi) is 2.94. The van der Waals surface area contributed by atoms with Crippen molar-refractivity contribution in [2.45, 2.75) is 26.4 Å². The van der Waals surface area contributed by atoms with Crippen molar-refractivity contribution >= 4 is 0 Å². The average Bonchev–Trinajstić information content (AvgIpc) is 2.84. The molecule has 0 spiro atoms. The van der Waals surface area contributed by atoms with Gasteiger partial charge in [-0.2, -0.15) is 0 Å². The molecule has 2 aromatic carbocycles. The first-order valence-electron chi connectivity index (χ1n) is 6.59. The van der Waals surface area contributed by atoms with E-state index in [1.807, 2.05) is 6.07 Å². The second kappa shape index (κ2) is 4.61. The maximum absolute atomic E-state index is 6.10. The van der Waals surface area contributed by atoms with Crippen molar-refractivity contribution in [1.29, 1.82) is 0 Å². The van der Waals surface area contributed by atoms with Crippen LogP contribution in [-0.4, -0.2) is 7.11 Å². The number of rotatable bonds is 2. The van der Waals surface area contributed by atoms with Crippen LogP contribution in [0.3, 0.4) is 0 Å². The summed E-state index contributed by atoms with van der Waals surface area (Å²) in [6.07, 6.45) is 1.04. The predicted molar refractivity (Wildman–Crippen MR) is 76.0 cm³/mol. The molecule has 0 fully saturated rings. The second-order valence-electron chi connectivity index (χ2n) is 5.05. The minimum absolute atomic E-state index is 0.126. The van der Waals surface area contributed by atoms with E-state index in [2.05, 4.69) is 44.2 Å². The molecular weight excluding hydrogens is 236 g/mol. The minimum atomic E-state index is 0.126. The molecule has 0 aromatic heterocycles. The summed E-state index contributed by atoms with van der Waals surface area (Å²) in [4.78, 5) is 0. The number of aryl methyl sites for hydroxylation is 1. The lowest BCUT2D eigenvalue weighted by Crippen LogP contribution is -2.02. The van der Waals surface area contributed by atoms with Crippen LogP contribution in [0.4, 0.5) is 0 Å². The third-order valence-corrected chi connectivity index (χ3v) is 3.83. The molecule has 0 saturated heterocycles. The standard InChI is InChI=1S/C17H18O2/c1-11-9-16-14(12(2)17(11)18-3)10-15(19-16)13-7-5-4-6-8-13/h4-9,15H,10H2,1-3H3. The summed E-state index contributed by atoms with van der Waals surface area (Å²) in [5.41, 5.74) is 4.84. The zero-order chi connectivity index (χ0) is 13.4. The van der Waals surface area contributed by atoms with E-state index in [9.17, 15) is 0 Å². The zero-order valence-corrected chi connectivity index (χ0v) is 11.6. The molecule has 0 N–H and O–H groups in total. The van der Waals surface area contributed by atoms with Crippen LogP contribution in [0.5, 0.6) is 11.5 Å². The van der Waals surface area contributed by atoms with Gasteiger partial charge in [-0.05, 0) is 36.6 Å². The van der Waals surface area contributed by atoms with Crippen LogP contribution in [-0.2, 0) is 6.42 Å². The van der Waals surface area contributed by atoms with Gasteiger partial charge in [0, 0.05) is 12.0 Å². The average molecular weight is 254 g/mol. The van der Waals surface area contributed by atoms with Gasteiger partial charge >= 0.3 is 0 Å². The molecule has 1 heterocycles. The Hall–Kier alpha value is -1.96. The molecule has 1 aliphatic heterocycles. The summed E-state index contributed by atoms with van der Waals surface area (Å²) in [5.74, 6) is 1.99. The first-order chi connectivity index (χ1) is 9.20. The SMILES string of the molecule is COc1c(C)cc2c(c1C)CC(c1ccccc1)O2. The number of benzene rings is 2. The molecule has 98 valence electrons. The molecule has 0 bridgehead atoms. The Labute approximate surface area is 114 Å². The molecule has 2 nitrogen and oxygen atoms in total. The summed E-state index contributed by atoms with van der Waals surface area (Å²) in [6.45, 7) is 4.17. The molecule has 2 aromatic rings. The van der Waals surface area contributed by atoms with Crippen LogP contribution in [0.1, 0.15) is 28.4 Å². The Bertz CT molecular complexity index is 602. The quantitative estimate of drug-likeness (QED) is 0.806. The van der Waals surface area contributed by atoms with E-state index < -0.39 is 0 Å². The van der Waals surface area contributed by atoms with Gasteiger partial charge in [-0.1, -0.05) is 30.3 Å². The summed E-state index contributed by atoms with van der Waals surface area (Å²) < 4.78 is 11.6. The smallest absolute Gasteiger partial charge is 0.128 e. The van der Waals surface area contributed by atoms with Crippen molar-refractivity contribution in [3.63, 3.8) is 0 Å². The van der Waals surface area contributed by atoms with E-state index in [0.717, 1.165) is 23.5 Å². The van der Waals surface area contributed by atoms with Gasteiger partial charge in [0.25, 0.3) is 0 Å². The van der Waals surface area contributed by atoms with Gasteiger partial charge in [-0.3, -0.25) is 0 Å². The van der Waals surface area contributed by atoms with Gasteiger partial charge in [-0.15, -0.1) is 0 Å². The fraction of sp³-hybridized carbons (Fsp3) is 0.294. The van der Waals surface area contributed by atoms with Crippen molar-refractivity contribution in [3.8, 4) is 11.5 Å². The van der Waals surface area contributed by atoms with Gasteiger partial charge in [0.1, 0.15) is 17.6 Å². The molecule has 2 heteroatoms. The van der Waals surface area contributed by atoms with E-state index >= 15 is 0 Å². The molecule has 0 aliphatic carbocycles. The number of hydrogen-bond acceptors (Lipinski definition) is 2. The molecule has 19 heavy (non-hydrogen) atoms. The van der Waals surface area contributed by atoms with Crippen molar-refractivity contribution in [2.24, 2.45) is 0 Å². The number of hydrogen-bond donors (Lipinski definition) is 0. The van der Waals surface area contributed by atoms with Gasteiger partial charge in [0.2, 0.25) is 0 Å². The second-order valence-corrected chi connectivity index (χ2v) is 5.05. The highest BCUT2D eigenvalue weighted by Crippen LogP contribution is 2.42. The van der Waals surface area contributed by atoms with Gasteiger partial charge in [0.05, 0.1) is 7.11 Å². The first kappa shape index (κ1) is 12.1. The maximum atomic E-state index is 6.10. The Morgan fingerprint density at radius 3 is 2.58 bits per heavy atom. The van der Waals surface area contributed by atoms with Crippen LogP contribution in [0.15, 0.2) is 36.4 Å². The third kappa shape index (κ3) is 1.97. The summed E-state index contributed by atoms with van der Waals surface area (Å²) >= 11 is 0. The van der Waals surface area contributed by atoms with Crippen LogP contribution >= 0.6 is 0 Å². The van der Waals surface area contributed by atoms with E-state index in [4.69, 9.17) is 9.47 Å². The molecule has 1 atom stereocenters. The molecule has 1 unspecified atom stereocenters. The summed E-state index contributed by atoms with van der Waals surface area (Å²) in [5, 5.41) is 0. The van der Waals surface area contributed by atoms with Gasteiger partial charge in [0.15, 0.2) is 0 Å². The van der Waals surface area contributed by atoms with E-state index in [1.165, 1.54) is 16.7 Å². The fourth-order valence-corrected chi connectivity index (χ4v) is 2.87. The molecule has 1 aliphatic rings. The fourth-order valence-electron chi connectivity index (χ4n) is 2.87. The predicted octanol–water partition coefficient (Wildman–Crippen LogP) is 3.99. The Morgan fingerprint density at radius 2 is 1.89 bits per heavy atom. The van der Waals surface area contributed by atoms with E-state index in [0.29, 0.717) is 0 Å². The van der Waals surface area contributed by atoms with E-state index in [1.54, 1.807) is 7.11 Å². The summed E-state index contributed by atoms with van der Waals surface area (Å²) in [7, 11) is 1.73. The van der Waals surface area contributed by atoms with E-state index in [-0.39, 0.29) is 6.10 Å². The van der Waals surface area contributed by atoms with Gasteiger partial charge in [-0.25, -0.2) is 0 Å². The Balaban J connectivity index is 1.99. The zero-order valence-electron chi connectivity index (χ0n) is 11.6. The third-order valence-electron chi connectivity index (χ3n) is 3.83. The largest absolute Gasteiger partial charge is 0.496 e. The van der Waals surface area contributed by atoms with Crippen molar-refractivity contribution in [2.75, 3.05) is 7.11 Å².